The Bertz CT molecular complexity index is 514. The van der Waals surface area contributed by atoms with Gasteiger partial charge in [-0.1, -0.05) is 59.6 Å². The zero-order chi connectivity index (χ0) is 13.0. The van der Waals surface area contributed by atoms with Crippen LogP contribution in [0.4, 0.5) is 0 Å². The van der Waals surface area contributed by atoms with E-state index < -0.39 is 0 Å². The lowest BCUT2D eigenvalue weighted by atomic mass is 10.00. The molecule has 4 heteroatoms. The summed E-state index contributed by atoms with van der Waals surface area (Å²) in [7, 11) is 0. The minimum absolute atomic E-state index is 0. The number of halogens is 3. The van der Waals surface area contributed by atoms with Crippen molar-refractivity contribution in [3.8, 4) is 0 Å². The van der Waals surface area contributed by atoms with E-state index in [0.717, 1.165) is 18.4 Å². The SMILES string of the molecule is Cl.NC(CCc1ccccc1)c1ccc(Cl)c(Cl)c1. The van der Waals surface area contributed by atoms with Crippen LogP contribution in [0.25, 0.3) is 0 Å². The van der Waals surface area contributed by atoms with Gasteiger partial charge in [0, 0.05) is 6.04 Å². The fourth-order valence-corrected chi connectivity index (χ4v) is 2.18. The molecule has 0 aliphatic rings. The Morgan fingerprint density at radius 1 is 0.947 bits per heavy atom. The van der Waals surface area contributed by atoms with E-state index in [1.807, 2.05) is 30.3 Å². The lowest BCUT2D eigenvalue weighted by Gasteiger charge is -2.12. The molecule has 2 N–H and O–H groups in total. The Labute approximate surface area is 130 Å². The van der Waals surface area contributed by atoms with Crippen molar-refractivity contribution in [2.24, 2.45) is 5.73 Å². The van der Waals surface area contributed by atoms with Gasteiger partial charge in [0.25, 0.3) is 0 Å². The molecule has 0 amide bonds. The molecular formula is C15H16Cl3N. The number of nitrogens with two attached hydrogens (primary N) is 1. The van der Waals surface area contributed by atoms with E-state index in [-0.39, 0.29) is 18.4 Å². The van der Waals surface area contributed by atoms with Gasteiger partial charge < -0.3 is 5.73 Å². The van der Waals surface area contributed by atoms with Crippen LogP contribution in [0.3, 0.4) is 0 Å². The third kappa shape index (κ3) is 4.70. The smallest absolute Gasteiger partial charge is 0.0595 e. The van der Waals surface area contributed by atoms with Crippen LogP contribution in [0.5, 0.6) is 0 Å². The number of aryl methyl sites for hydroxylation is 1. The lowest BCUT2D eigenvalue weighted by molar-refractivity contribution is 0.651. The number of hydrogen-bond acceptors (Lipinski definition) is 1. The summed E-state index contributed by atoms with van der Waals surface area (Å²) in [5.41, 5.74) is 8.49. The van der Waals surface area contributed by atoms with E-state index >= 15 is 0 Å². The second-order valence-corrected chi connectivity index (χ2v) is 5.12. The minimum atomic E-state index is -0.0139. The first kappa shape index (κ1) is 16.3. The molecule has 0 bridgehead atoms. The largest absolute Gasteiger partial charge is 0.324 e. The molecule has 2 rings (SSSR count). The maximum Gasteiger partial charge on any atom is 0.0595 e. The molecule has 1 unspecified atom stereocenters. The Balaban J connectivity index is 0.00000180. The first-order valence-electron chi connectivity index (χ1n) is 5.91. The molecule has 0 saturated heterocycles. The van der Waals surface area contributed by atoms with Gasteiger partial charge in [0.15, 0.2) is 0 Å². The highest BCUT2D eigenvalue weighted by molar-refractivity contribution is 6.42. The molecule has 1 atom stereocenters. The van der Waals surface area contributed by atoms with Crippen molar-refractivity contribution in [3.63, 3.8) is 0 Å². The fraction of sp³-hybridized carbons (Fsp3) is 0.200. The average molecular weight is 317 g/mol. The number of benzene rings is 2. The minimum Gasteiger partial charge on any atom is -0.324 e. The number of rotatable bonds is 4. The fourth-order valence-electron chi connectivity index (χ4n) is 1.88. The summed E-state index contributed by atoms with van der Waals surface area (Å²) in [5, 5.41) is 1.13. The summed E-state index contributed by atoms with van der Waals surface area (Å²) in [6.45, 7) is 0. The molecule has 0 aliphatic carbocycles. The van der Waals surface area contributed by atoms with Crippen LogP contribution in [0, 0.1) is 0 Å². The summed E-state index contributed by atoms with van der Waals surface area (Å²) in [4.78, 5) is 0. The third-order valence-electron chi connectivity index (χ3n) is 2.96. The van der Waals surface area contributed by atoms with Gasteiger partial charge in [-0.15, -0.1) is 12.4 Å². The van der Waals surface area contributed by atoms with Gasteiger partial charge in [0.05, 0.1) is 10.0 Å². The summed E-state index contributed by atoms with van der Waals surface area (Å²) < 4.78 is 0. The first-order valence-corrected chi connectivity index (χ1v) is 6.67. The molecule has 0 spiro atoms. The van der Waals surface area contributed by atoms with Gasteiger partial charge in [-0.05, 0) is 36.1 Å². The second-order valence-electron chi connectivity index (χ2n) is 4.30. The predicted octanol–water partition coefficient (Wildman–Crippen LogP) is 5.05. The highest BCUT2D eigenvalue weighted by atomic mass is 35.5. The maximum absolute atomic E-state index is 6.16. The van der Waals surface area contributed by atoms with Crippen molar-refractivity contribution < 1.29 is 0 Å². The zero-order valence-electron chi connectivity index (χ0n) is 10.4. The second kappa shape index (κ2) is 7.76. The topological polar surface area (TPSA) is 26.0 Å². The third-order valence-corrected chi connectivity index (χ3v) is 3.70. The Morgan fingerprint density at radius 2 is 1.63 bits per heavy atom. The van der Waals surface area contributed by atoms with E-state index in [1.165, 1.54) is 5.56 Å². The molecule has 0 heterocycles. The monoisotopic (exact) mass is 315 g/mol. The molecule has 2 aromatic rings. The summed E-state index contributed by atoms with van der Waals surface area (Å²) in [5.74, 6) is 0. The van der Waals surface area contributed by atoms with E-state index in [2.05, 4.69) is 12.1 Å². The molecule has 19 heavy (non-hydrogen) atoms. The van der Waals surface area contributed by atoms with Crippen molar-refractivity contribution in [3.05, 3.63) is 69.7 Å². The molecule has 2 aromatic carbocycles. The van der Waals surface area contributed by atoms with Crippen molar-refractivity contribution in [2.75, 3.05) is 0 Å². The van der Waals surface area contributed by atoms with Crippen molar-refractivity contribution in [2.45, 2.75) is 18.9 Å². The van der Waals surface area contributed by atoms with E-state index in [0.29, 0.717) is 10.0 Å². The van der Waals surface area contributed by atoms with Gasteiger partial charge in [-0.3, -0.25) is 0 Å². The van der Waals surface area contributed by atoms with Gasteiger partial charge in [-0.2, -0.15) is 0 Å². The molecule has 0 aliphatic heterocycles. The lowest BCUT2D eigenvalue weighted by Crippen LogP contribution is -2.11. The average Bonchev–Trinajstić information content (AvgIpc) is 2.40. The molecular weight excluding hydrogens is 301 g/mol. The Hall–Kier alpha value is -0.730. The standard InChI is InChI=1S/C15H15Cl2N.ClH/c16-13-8-7-12(10-14(13)17)15(18)9-6-11-4-2-1-3-5-11;/h1-5,7-8,10,15H,6,9,18H2;1H. The van der Waals surface area contributed by atoms with Crippen molar-refractivity contribution in [1.82, 2.24) is 0 Å². The Kier molecular flexibility index (Phi) is 6.67. The van der Waals surface area contributed by atoms with Crippen LogP contribution in [-0.2, 0) is 6.42 Å². The summed E-state index contributed by atoms with van der Waals surface area (Å²) in [6.07, 6.45) is 1.85. The maximum atomic E-state index is 6.16. The van der Waals surface area contributed by atoms with Gasteiger partial charge in [0.1, 0.15) is 0 Å². The highest BCUT2D eigenvalue weighted by Crippen LogP contribution is 2.26. The van der Waals surface area contributed by atoms with Crippen LogP contribution in [-0.4, -0.2) is 0 Å². The zero-order valence-corrected chi connectivity index (χ0v) is 12.7. The normalized spacial score (nSPS) is 11.7. The molecule has 1 nitrogen and oxygen atoms in total. The molecule has 0 fully saturated rings. The van der Waals surface area contributed by atoms with Gasteiger partial charge in [-0.25, -0.2) is 0 Å². The van der Waals surface area contributed by atoms with Crippen molar-refractivity contribution >= 4 is 35.6 Å². The van der Waals surface area contributed by atoms with E-state index in [9.17, 15) is 0 Å². The molecule has 0 aromatic heterocycles. The van der Waals surface area contributed by atoms with Crippen molar-refractivity contribution in [1.29, 1.82) is 0 Å². The predicted molar refractivity (Wildman–Crippen MR) is 85.4 cm³/mol. The van der Waals surface area contributed by atoms with Gasteiger partial charge in [0.2, 0.25) is 0 Å². The Morgan fingerprint density at radius 3 is 2.26 bits per heavy atom. The van der Waals surface area contributed by atoms with Gasteiger partial charge >= 0.3 is 0 Å². The molecule has 102 valence electrons. The molecule has 0 radical (unpaired) electrons. The van der Waals surface area contributed by atoms with Crippen LogP contribution in [0.15, 0.2) is 48.5 Å². The molecule has 0 saturated carbocycles. The van der Waals surface area contributed by atoms with Crippen LogP contribution < -0.4 is 5.73 Å². The highest BCUT2D eigenvalue weighted by Gasteiger charge is 2.08. The van der Waals surface area contributed by atoms with Crippen LogP contribution in [0.2, 0.25) is 10.0 Å². The first-order chi connectivity index (χ1) is 8.66. The van der Waals surface area contributed by atoms with Crippen LogP contribution >= 0.6 is 35.6 Å². The van der Waals surface area contributed by atoms with E-state index in [1.54, 1.807) is 6.07 Å². The van der Waals surface area contributed by atoms with E-state index in [4.69, 9.17) is 28.9 Å². The summed E-state index contributed by atoms with van der Waals surface area (Å²) in [6, 6.07) is 15.9. The number of hydrogen-bond donors (Lipinski definition) is 1. The summed E-state index contributed by atoms with van der Waals surface area (Å²) >= 11 is 11.9. The van der Waals surface area contributed by atoms with Crippen LogP contribution in [0.1, 0.15) is 23.6 Å². The quantitative estimate of drug-likeness (QED) is 0.839.